The van der Waals surface area contributed by atoms with Crippen LogP contribution in [0.3, 0.4) is 0 Å². The Morgan fingerprint density at radius 2 is 1.87 bits per heavy atom. The van der Waals surface area contributed by atoms with Gasteiger partial charge in [-0.3, -0.25) is 0 Å². The van der Waals surface area contributed by atoms with Gasteiger partial charge in [0.05, 0.1) is 21.8 Å². The number of nitrogens with zero attached hydrogens (tertiary/aromatic N) is 2. The molecule has 2 rings (SSSR count). The van der Waals surface area contributed by atoms with Crippen molar-refractivity contribution in [3.63, 3.8) is 0 Å². The maximum absolute atomic E-state index is 11.8. The number of halogens is 5. The molecule has 0 aliphatic rings. The summed E-state index contributed by atoms with van der Waals surface area (Å²) in [5, 5.41) is 5.17. The molecule has 0 amide bonds. The van der Waals surface area contributed by atoms with E-state index in [1.807, 2.05) is 6.92 Å². The lowest BCUT2D eigenvalue weighted by Gasteiger charge is -2.17. The predicted octanol–water partition coefficient (Wildman–Crippen LogP) is 5.38. The maximum Gasteiger partial charge on any atom is 0.365 e. The van der Waals surface area contributed by atoms with E-state index in [1.165, 1.54) is 4.68 Å². The minimum Gasteiger partial charge on any atom is -0.405 e. The van der Waals surface area contributed by atoms with E-state index in [1.54, 1.807) is 31.2 Å². The molecule has 0 N–H and O–H groups in total. The molecule has 0 aliphatic carbocycles. The summed E-state index contributed by atoms with van der Waals surface area (Å²) in [5.74, 6) is -0.845. The molecule has 0 saturated carbocycles. The highest BCUT2D eigenvalue weighted by Gasteiger charge is 2.34. The molecule has 2 aromatic rings. The van der Waals surface area contributed by atoms with E-state index >= 15 is 0 Å². The van der Waals surface area contributed by atoms with E-state index in [9.17, 15) is 4.79 Å². The summed E-state index contributed by atoms with van der Waals surface area (Å²) < 4.78 is 4.47. The molecular weight excluding hydrogens is 405 g/mol. The van der Waals surface area contributed by atoms with Gasteiger partial charge in [-0.05, 0) is 31.5 Å². The molecule has 0 saturated heterocycles. The number of rotatable bonds is 3. The fourth-order valence-corrected chi connectivity index (χ4v) is 2.34. The Balaban J connectivity index is 2.35. The van der Waals surface area contributed by atoms with Crippen molar-refractivity contribution in [1.82, 2.24) is 9.78 Å². The summed E-state index contributed by atoms with van der Waals surface area (Å²) in [6.45, 7) is 3.61. The van der Waals surface area contributed by atoms with Crippen molar-refractivity contribution in [2.45, 2.75) is 23.7 Å². The van der Waals surface area contributed by atoms with Crippen LogP contribution in [0.1, 0.15) is 24.2 Å². The van der Waals surface area contributed by atoms with E-state index in [0.29, 0.717) is 15.7 Å². The third kappa shape index (κ3) is 4.46. The zero-order chi connectivity index (χ0) is 17.4. The summed E-state index contributed by atoms with van der Waals surface area (Å²) in [6.07, 6.45) is 0. The highest BCUT2D eigenvalue weighted by Crippen LogP contribution is 2.32. The number of hydrogen-bond acceptors (Lipinski definition) is 3. The molecule has 0 spiro atoms. The van der Waals surface area contributed by atoms with E-state index in [2.05, 4.69) is 5.10 Å². The highest BCUT2D eigenvalue weighted by molar-refractivity contribution is 6.75. The molecule has 1 unspecified atom stereocenters. The van der Waals surface area contributed by atoms with Crippen LogP contribution in [0, 0.1) is 6.92 Å². The zero-order valence-electron chi connectivity index (χ0n) is 12.0. The first-order valence-electron chi connectivity index (χ1n) is 6.39. The summed E-state index contributed by atoms with van der Waals surface area (Å²) in [7, 11) is 0. The molecule has 1 atom stereocenters. The SMILES string of the molecule is Cc1cc(OC(=O)C(Cl)(Cl)Cl)n(C(C)c2ccc(Cl)c(Cl)c2)n1. The second kappa shape index (κ2) is 7.08. The van der Waals surface area contributed by atoms with Gasteiger partial charge in [-0.1, -0.05) is 64.1 Å². The molecule has 1 aromatic carbocycles. The average molecular weight is 417 g/mol. The second-order valence-corrected chi connectivity index (χ2v) is 7.90. The molecule has 0 fully saturated rings. The van der Waals surface area contributed by atoms with E-state index in [0.717, 1.165) is 5.56 Å². The number of benzene rings is 1. The van der Waals surface area contributed by atoms with Crippen molar-refractivity contribution in [3.05, 3.63) is 45.6 Å². The molecule has 0 aliphatic heterocycles. The lowest BCUT2D eigenvalue weighted by atomic mass is 10.1. The van der Waals surface area contributed by atoms with Crippen LogP contribution < -0.4 is 4.74 Å². The van der Waals surface area contributed by atoms with E-state index in [4.69, 9.17) is 62.7 Å². The standard InChI is InChI=1S/C14H11Cl5N2O2/c1-7-5-12(23-13(22)14(17,18)19)21(20-7)8(2)9-3-4-10(15)11(16)6-9/h3-6,8H,1-2H3. The Bertz CT molecular complexity index is 739. The first kappa shape index (κ1) is 18.7. The number of carbonyl (C=O) groups excluding carboxylic acids is 1. The Kier molecular flexibility index (Phi) is 5.75. The largest absolute Gasteiger partial charge is 0.405 e. The molecule has 9 heteroatoms. The Morgan fingerprint density at radius 1 is 1.22 bits per heavy atom. The first-order valence-corrected chi connectivity index (χ1v) is 8.28. The Morgan fingerprint density at radius 3 is 2.43 bits per heavy atom. The van der Waals surface area contributed by atoms with Gasteiger partial charge in [0.2, 0.25) is 5.88 Å². The average Bonchev–Trinajstić information content (AvgIpc) is 2.80. The predicted molar refractivity (Wildman–Crippen MR) is 93.2 cm³/mol. The number of hydrogen-bond donors (Lipinski definition) is 0. The van der Waals surface area contributed by atoms with Gasteiger partial charge in [-0.25, -0.2) is 9.48 Å². The van der Waals surface area contributed by atoms with Crippen molar-refractivity contribution in [1.29, 1.82) is 0 Å². The number of alkyl halides is 3. The van der Waals surface area contributed by atoms with Crippen LogP contribution in [0.4, 0.5) is 0 Å². The van der Waals surface area contributed by atoms with Gasteiger partial charge in [0.25, 0.3) is 3.79 Å². The van der Waals surface area contributed by atoms with E-state index in [-0.39, 0.29) is 11.9 Å². The van der Waals surface area contributed by atoms with Gasteiger partial charge in [0, 0.05) is 6.07 Å². The number of aromatic nitrogens is 2. The highest BCUT2D eigenvalue weighted by atomic mass is 35.6. The van der Waals surface area contributed by atoms with Gasteiger partial charge >= 0.3 is 5.97 Å². The number of aryl methyl sites for hydroxylation is 1. The van der Waals surface area contributed by atoms with Crippen LogP contribution in [-0.2, 0) is 4.79 Å². The lowest BCUT2D eigenvalue weighted by Crippen LogP contribution is -2.26. The third-order valence-electron chi connectivity index (χ3n) is 3.05. The van der Waals surface area contributed by atoms with Crippen LogP contribution in [0.15, 0.2) is 24.3 Å². The van der Waals surface area contributed by atoms with Crippen LogP contribution in [0.25, 0.3) is 0 Å². The first-order chi connectivity index (χ1) is 10.6. The van der Waals surface area contributed by atoms with Crippen LogP contribution in [0.5, 0.6) is 5.88 Å². The number of ether oxygens (including phenoxy) is 1. The summed E-state index contributed by atoms with van der Waals surface area (Å²) in [6, 6.07) is 6.49. The molecule has 0 radical (unpaired) electrons. The van der Waals surface area contributed by atoms with Crippen molar-refractivity contribution in [2.75, 3.05) is 0 Å². The molecule has 23 heavy (non-hydrogen) atoms. The van der Waals surface area contributed by atoms with Crippen LogP contribution >= 0.6 is 58.0 Å². The molecule has 4 nitrogen and oxygen atoms in total. The van der Waals surface area contributed by atoms with E-state index < -0.39 is 9.76 Å². The van der Waals surface area contributed by atoms with Crippen molar-refractivity contribution in [3.8, 4) is 5.88 Å². The molecule has 1 heterocycles. The zero-order valence-corrected chi connectivity index (χ0v) is 15.8. The second-order valence-electron chi connectivity index (χ2n) is 4.81. The number of carbonyl (C=O) groups is 1. The summed E-state index contributed by atoms with van der Waals surface area (Å²) >= 11 is 28.5. The van der Waals surface area contributed by atoms with Crippen molar-refractivity contribution < 1.29 is 9.53 Å². The fourth-order valence-electron chi connectivity index (χ4n) is 1.91. The summed E-state index contributed by atoms with van der Waals surface area (Å²) in [5.41, 5.74) is 1.47. The van der Waals surface area contributed by atoms with Gasteiger partial charge in [0.15, 0.2) is 0 Å². The van der Waals surface area contributed by atoms with Gasteiger partial charge in [-0.15, -0.1) is 0 Å². The molecular formula is C14H11Cl5N2O2. The van der Waals surface area contributed by atoms with Crippen LogP contribution in [0.2, 0.25) is 10.0 Å². The van der Waals surface area contributed by atoms with Crippen molar-refractivity contribution >= 4 is 64.0 Å². The van der Waals surface area contributed by atoms with Crippen LogP contribution in [-0.4, -0.2) is 19.5 Å². The Labute approximate surface area is 158 Å². The molecule has 124 valence electrons. The summed E-state index contributed by atoms with van der Waals surface area (Å²) in [4.78, 5) is 11.8. The monoisotopic (exact) mass is 414 g/mol. The lowest BCUT2D eigenvalue weighted by molar-refractivity contribution is -0.133. The number of esters is 1. The normalized spacial score (nSPS) is 13.0. The van der Waals surface area contributed by atoms with Gasteiger partial charge in [0.1, 0.15) is 0 Å². The smallest absolute Gasteiger partial charge is 0.365 e. The Hall–Kier alpha value is -0.650. The maximum atomic E-state index is 11.8. The quantitative estimate of drug-likeness (QED) is 0.498. The minimum atomic E-state index is -2.17. The third-order valence-corrected chi connectivity index (χ3v) is 4.25. The van der Waals surface area contributed by atoms with Gasteiger partial charge < -0.3 is 4.74 Å². The van der Waals surface area contributed by atoms with Crippen molar-refractivity contribution in [2.24, 2.45) is 0 Å². The van der Waals surface area contributed by atoms with Gasteiger partial charge in [-0.2, -0.15) is 5.10 Å². The molecule has 1 aromatic heterocycles. The topological polar surface area (TPSA) is 44.1 Å². The minimum absolute atomic E-state index is 0.164. The fraction of sp³-hybridized carbons (Fsp3) is 0.286. The molecule has 0 bridgehead atoms.